The monoisotopic (exact) mass is 293 g/mol. The highest BCUT2D eigenvalue weighted by atomic mass is 16.4. The largest absolute Gasteiger partial charge is 0.480 e. The fraction of sp³-hybridized carbons (Fsp3) is 0.944. The van der Waals surface area contributed by atoms with Crippen molar-refractivity contribution in [1.29, 1.82) is 0 Å². The normalized spacial score (nSPS) is 35.3. The molecule has 1 aliphatic heterocycles. The fourth-order valence-electron chi connectivity index (χ4n) is 5.12. The van der Waals surface area contributed by atoms with E-state index in [1.807, 2.05) is 0 Å². The van der Waals surface area contributed by atoms with Gasteiger partial charge in [0.2, 0.25) is 0 Å². The van der Waals surface area contributed by atoms with E-state index in [-0.39, 0.29) is 6.04 Å². The second kappa shape index (κ2) is 7.13. The number of nitrogens with zero attached hydrogens (tertiary/aromatic N) is 1. The Kier molecular flexibility index (Phi) is 5.20. The molecular formula is C18H31NO2. The third kappa shape index (κ3) is 3.61. The molecule has 3 unspecified atom stereocenters. The zero-order valence-electron chi connectivity index (χ0n) is 13.3. The van der Waals surface area contributed by atoms with E-state index in [9.17, 15) is 9.90 Å². The molecule has 0 amide bonds. The van der Waals surface area contributed by atoms with Crippen molar-refractivity contribution >= 4 is 5.97 Å². The number of fused-ring (bicyclic) bond motifs is 1. The third-order valence-electron chi connectivity index (χ3n) is 6.31. The van der Waals surface area contributed by atoms with Gasteiger partial charge in [-0.1, -0.05) is 44.9 Å². The molecule has 3 heteroatoms. The molecule has 21 heavy (non-hydrogen) atoms. The molecule has 3 fully saturated rings. The average Bonchev–Trinajstić information content (AvgIpc) is 2.53. The Bertz CT molecular complexity index is 351. The quantitative estimate of drug-likeness (QED) is 0.849. The first-order valence-corrected chi connectivity index (χ1v) is 9.24. The van der Waals surface area contributed by atoms with Gasteiger partial charge >= 0.3 is 5.97 Å². The van der Waals surface area contributed by atoms with Gasteiger partial charge in [0.05, 0.1) is 0 Å². The van der Waals surface area contributed by atoms with Crippen LogP contribution in [0.1, 0.15) is 77.0 Å². The van der Waals surface area contributed by atoms with Gasteiger partial charge < -0.3 is 5.11 Å². The summed E-state index contributed by atoms with van der Waals surface area (Å²) in [7, 11) is 0. The molecule has 1 saturated heterocycles. The van der Waals surface area contributed by atoms with Crippen LogP contribution in [0.25, 0.3) is 0 Å². The summed E-state index contributed by atoms with van der Waals surface area (Å²) in [6.45, 7) is 1.03. The van der Waals surface area contributed by atoms with Gasteiger partial charge in [-0.25, -0.2) is 0 Å². The number of hydrogen-bond acceptors (Lipinski definition) is 2. The van der Waals surface area contributed by atoms with Crippen LogP contribution >= 0.6 is 0 Å². The van der Waals surface area contributed by atoms with E-state index >= 15 is 0 Å². The SMILES string of the molecule is O=C(O)C1CCC2CCCCC2N1CCC1CCCCC1. The number of piperidine rings is 1. The highest BCUT2D eigenvalue weighted by Gasteiger charge is 2.41. The predicted molar refractivity (Wildman–Crippen MR) is 84.3 cm³/mol. The van der Waals surface area contributed by atoms with Crippen molar-refractivity contribution in [2.24, 2.45) is 11.8 Å². The molecule has 3 nitrogen and oxygen atoms in total. The third-order valence-corrected chi connectivity index (χ3v) is 6.31. The molecule has 0 radical (unpaired) electrons. The van der Waals surface area contributed by atoms with E-state index in [2.05, 4.69) is 4.90 Å². The van der Waals surface area contributed by atoms with Crippen molar-refractivity contribution in [3.8, 4) is 0 Å². The molecule has 0 bridgehead atoms. The van der Waals surface area contributed by atoms with Crippen molar-refractivity contribution < 1.29 is 9.90 Å². The molecular weight excluding hydrogens is 262 g/mol. The first-order valence-electron chi connectivity index (χ1n) is 9.24. The van der Waals surface area contributed by atoms with Crippen LogP contribution in [0, 0.1) is 11.8 Å². The Balaban J connectivity index is 1.62. The second-order valence-electron chi connectivity index (χ2n) is 7.57. The minimum Gasteiger partial charge on any atom is -0.480 e. The Morgan fingerprint density at radius 3 is 2.38 bits per heavy atom. The molecule has 0 aromatic heterocycles. The molecule has 3 rings (SSSR count). The van der Waals surface area contributed by atoms with E-state index < -0.39 is 5.97 Å². The molecule has 120 valence electrons. The van der Waals surface area contributed by atoms with E-state index in [4.69, 9.17) is 0 Å². The van der Waals surface area contributed by atoms with Gasteiger partial charge in [-0.3, -0.25) is 9.69 Å². The van der Waals surface area contributed by atoms with Gasteiger partial charge in [0.25, 0.3) is 0 Å². The Hall–Kier alpha value is -0.570. The minimum absolute atomic E-state index is 0.201. The highest BCUT2D eigenvalue weighted by molar-refractivity contribution is 5.73. The lowest BCUT2D eigenvalue weighted by atomic mass is 9.76. The van der Waals surface area contributed by atoms with Crippen molar-refractivity contribution in [2.75, 3.05) is 6.54 Å². The molecule has 1 N–H and O–H groups in total. The fourth-order valence-corrected chi connectivity index (χ4v) is 5.12. The molecule has 0 aromatic rings. The number of carbonyl (C=O) groups is 1. The van der Waals surface area contributed by atoms with Crippen LogP contribution < -0.4 is 0 Å². The van der Waals surface area contributed by atoms with Gasteiger partial charge in [0, 0.05) is 6.04 Å². The van der Waals surface area contributed by atoms with Gasteiger partial charge in [0.1, 0.15) is 6.04 Å². The Morgan fingerprint density at radius 2 is 1.62 bits per heavy atom. The van der Waals surface area contributed by atoms with Crippen LogP contribution in [0.3, 0.4) is 0 Å². The van der Waals surface area contributed by atoms with Crippen molar-refractivity contribution in [3.05, 3.63) is 0 Å². The molecule has 0 aromatic carbocycles. The topological polar surface area (TPSA) is 40.5 Å². The zero-order chi connectivity index (χ0) is 14.7. The molecule has 0 spiro atoms. The standard InChI is InChI=1S/C18H31NO2/c20-18(21)17-11-10-15-8-4-5-9-16(15)19(17)13-12-14-6-2-1-3-7-14/h14-17H,1-13H2,(H,20,21). The summed E-state index contributed by atoms with van der Waals surface area (Å²) in [5.41, 5.74) is 0. The van der Waals surface area contributed by atoms with Crippen molar-refractivity contribution in [3.63, 3.8) is 0 Å². The van der Waals surface area contributed by atoms with Crippen LogP contribution in [-0.2, 0) is 4.79 Å². The number of rotatable bonds is 4. The highest BCUT2D eigenvalue weighted by Crippen LogP contribution is 2.38. The number of hydrogen-bond donors (Lipinski definition) is 1. The first kappa shape index (κ1) is 15.3. The molecule has 3 atom stereocenters. The van der Waals surface area contributed by atoms with Crippen LogP contribution in [0.5, 0.6) is 0 Å². The Morgan fingerprint density at radius 1 is 0.905 bits per heavy atom. The van der Waals surface area contributed by atoms with Gasteiger partial charge in [-0.2, -0.15) is 0 Å². The van der Waals surface area contributed by atoms with E-state index in [1.54, 1.807) is 0 Å². The number of likely N-dealkylation sites (tertiary alicyclic amines) is 1. The molecule has 1 heterocycles. The smallest absolute Gasteiger partial charge is 0.320 e. The molecule has 3 aliphatic rings. The summed E-state index contributed by atoms with van der Waals surface area (Å²) in [6.07, 6.45) is 15.4. The first-order chi connectivity index (χ1) is 10.3. The van der Waals surface area contributed by atoms with Crippen molar-refractivity contribution in [2.45, 2.75) is 89.1 Å². The van der Waals surface area contributed by atoms with Gasteiger partial charge in [-0.05, 0) is 50.5 Å². The lowest BCUT2D eigenvalue weighted by Crippen LogP contribution is -2.55. The van der Waals surface area contributed by atoms with Gasteiger partial charge in [0.15, 0.2) is 0 Å². The summed E-state index contributed by atoms with van der Waals surface area (Å²) in [5, 5.41) is 9.59. The predicted octanol–water partition coefficient (Wildman–Crippen LogP) is 4.06. The maximum Gasteiger partial charge on any atom is 0.320 e. The van der Waals surface area contributed by atoms with E-state index in [0.717, 1.165) is 31.2 Å². The minimum atomic E-state index is -0.581. The Labute approximate surface area is 129 Å². The van der Waals surface area contributed by atoms with Crippen LogP contribution in [0.4, 0.5) is 0 Å². The van der Waals surface area contributed by atoms with Crippen LogP contribution in [0.15, 0.2) is 0 Å². The summed E-state index contributed by atoms with van der Waals surface area (Å²) in [4.78, 5) is 14.1. The summed E-state index contributed by atoms with van der Waals surface area (Å²) in [6, 6.07) is 0.366. The van der Waals surface area contributed by atoms with Crippen molar-refractivity contribution in [1.82, 2.24) is 4.90 Å². The lowest BCUT2D eigenvalue weighted by molar-refractivity contribution is -0.148. The number of carboxylic acid groups (broad SMARTS) is 1. The molecule has 2 saturated carbocycles. The summed E-state index contributed by atoms with van der Waals surface area (Å²) in [5.74, 6) is 1.06. The maximum absolute atomic E-state index is 11.6. The number of carboxylic acids is 1. The second-order valence-corrected chi connectivity index (χ2v) is 7.57. The number of aliphatic carboxylic acids is 1. The van der Waals surface area contributed by atoms with E-state index in [1.165, 1.54) is 64.2 Å². The summed E-state index contributed by atoms with van der Waals surface area (Å²) >= 11 is 0. The lowest BCUT2D eigenvalue weighted by Gasteiger charge is -2.47. The van der Waals surface area contributed by atoms with E-state index in [0.29, 0.717) is 6.04 Å². The maximum atomic E-state index is 11.6. The molecule has 2 aliphatic carbocycles. The summed E-state index contributed by atoms with van der Waals surface area (Å²) < 4.78 is 0. The van der Waals surface area contributed by atoms with Crippen LogP contribution in [-0.4, -0.2) is 34.6 Å². The average molecular weight is 293 g/mol. The van der Waals surface area contributed by atoms with Crippen LogP contribution in [0.2, 0.25) is 0 Å². The van der Waals surface area contributed by atoms with Gasteiger partial charge in [-0.15, -0.1) is 0 Å². The zero-order valence-corrected chi connectivity index (χ0v) is 13.3.